The van der Waals surface area contributed by atoms with Gasteiger partial charge in [-0.1, -0.05) is 25.0 Å². The van der Waals surface area contributed by atoms with Crippen LogP contribution in [0.4, 0.5) is 0 Å². The maximum atomic E-state index is 9.45. The van der Waals surface area contributed by atoms with Gasteiger partial charge >= 0.3 is 0 Å². The van der Waals surface area contributed by atoms with E-state index in [-0.39, 0.29) is 0 Å². The number of hydrogen-bond acceptors (Lipinski definition) is 2. The van der Waals surface area contributed by atoms with E-state index in [1.54, 1.807) is 0 Å². The van der Waals surface area contributed by atoms with Crippen LogP contribution in [0.5, 0.6) is 0 Å². The largest absolute Gasteiger partial charge is 0.396 e. The first-order chi connectivity index (χ1) is 9.20. The summed E-state index contributed by atoms with van der Waals surface area (Å²) in [6.45, 7) is 3.60. The number of hydrogen-bond donors (Lipinski definition) is 2. The molecule has 0 spiro atoms. The minimum atomic E-state index is 0.351. The Bertz CT molecular complexity index is 379. The van der Waals surface area contributed by atoms with Gasteiger partial charge in [0.1, 0.15) is 0 Å². The molecule has 0 aliphatic heterocycles. The molecule has 1 aliphatic carbocycles. The molecule has 2 nitrogen and oxygen atoms in total. The summed E-state index contributed by atoms with van der Waals surface area (Å²) >= 11 is 2.34. The second-order valence-electron chi connectivity index (χ2n) is 5.67. The van der Waals surface area contributed by atoms with Crippen molar-refractivity contribution in [2.75, 3.05) is 13.2 Å². The number of aliphatic hydroxyl groups is 1. The van der Waals surface area contributed by atoms with Crippen molar-refractivity contribution in [2.24, 2.45) is 11.8 Å². The molecule has 1 aromatic rings. The van der Waals surface area contributed by atoms with E-state index in [0.717, 1.165) is 6.54 Å². The molecule has 0 bridgehead atoms. The van der Waals surface area contributed by atoms with Gasteiger partial charge in [0.25, 0.3) is 0 Å². The first-order valence-electron chi connectivity index (χ1n) is 7.30. The monoisotopic (exact) mass is 373 g/mol. The number of halogens is 1. The van der Waals surface area contributed by atoms with Crippen molar-refractivity contribution in [3.05, 3.63) is 33.4 Å². The summed E-state index contributed by atoms with van der Waals surface area (Å²) in [7, 11) is 0. The van der Waals surface area contributed by atoms with Gasteiger partial charge in [0.05, 0.1) is 0 Å². The van der Waals surface area contributed by atoms with E-state index < -0.39 is 0 Å². The quantitative estimate of drug-likeness (QED) is 0.771. The average molecular weight is 373 g/mol. The normalized spacial score (nSPS) is 25.2. The van der Waals surface area contributed by atoms with Gasteiger partial charge in [0, 0.05) is 16.2 Å². The van der Waals surface area contributed by atoms with Crippen LogP contribution in [-0.2, 0) is 0 Å². The van der Waals surface area contributed by atoms with Gasteiger partial charge in [-0.05, 0) is 78.4 Å². The smallest absolute Gasteiger partial charge is 0.0462 e. The Morgan fingerprint density at radius 1 is 1.21 bits per heavy atom. The van der Waals surface area contributed by atoms with Crippen LogP contribution in [0.15, 0.2) is 24.3 Å². The minimum absolute atomic E-state index is 0.351. The van der Waals surface area contributed by atoms with Crippen molar-refractivity contribution < 1.29 is 5.11 Å². The maximum Gasteiger partial charge on any atom is 0.0462 e. The third-order valence-corrected chi connectivity index (χ3v) is 5.08. The molecule has 1 saturated carbocycles. The van der Waals surface area contributed by atoms with Crippen LogP contribution >= 0.6 is 22.6 Å². The van der Waals surface area contributed by atoms with E-state index >= 15 is 0 Å². The van der Waals surface area contributed by atoms with Gasteiger partial charge < -0.3 is 10.4 Å². The predicted molar refractivity (Wildman–Crippen MR) is 88.1 cm³/mol. The fourth-order valence-electron chi connectivity index (χ4n) is 2.99. The second-order valence-corrected chi connectivity index (χ2v) is 6.91. The van der Waals surface area contributed by atoms with Crippen molar-refractivity contribution in [2.45, 2.75) is 38.6 Å². The molecule has 0 aromatic heterocycles. The molecule has 0 radical (unpaired) electrons. The maximum absolute atomic E-state index is 9.45. The third-order valence-electron chi connectivity index (χ3n) is 4.36. The zero-order chi connectivity index (χ0) is 13.7. The molecular formula is C16H24INO. The highest BCUT2D eigenvalue weighted by atomic mass is 127. The molecule has 1 fully saturated rings. The Hall–Kier alpha value is -0.130. The summed E-state index contributed by atoms with van der Waals surface area (Å²) in [5.41, 5.74) is 1.34. The Kier molecular flexibility index (Phi) is 6.10. The lowest BCUT2D eigenvalue weighted by Crippen LogP contribution is -2.33. The fourth-order valence-corrected chi connectivity index (χ4v) is 3.35. The topological polar surface area (TPSA) is 32.3 Å². The molecule has 19 heavy (non-hydrogen) atoms. The first kappa shape index (κ1) is 15.3. The second kappa shape index (κ2) is 7.60. The zero-order valence-electron chi connectivity index (χ0n) is 11.6. The van der Waals surface area contributed by atoms with E-state index in [1.807, 2.05) is 0 Å². The van der Waals surface area contributed by atoms with Crippen LogP contribution in [0, 0.1) is 15.4 Å². The summed E-state index contributed by atoms with van der Waals surface area (Å²) in [4.78, 5) is 0. The summed E-state index contributed by atoms with van der Waals surface area (Å²) in [5, 5.41) is 13.1. The van der Waals surface area contributed by atoms with Crippen LogP contribution < -0.4 is 5.32 Å². The molecule has 0 amide bonds. The van der Waals surface area contributed by atoms with Crippen molar-refractivity contribution in [1.29, 1.82) is 0 Å². The van der Waals surface area contributed by atoms with E-state index in [0.29, 0.717) is 24.5 Å². The van der Waals surface area contributed by atoms with Crippen LogP contribution in [-0.4, -0.2) is 18.3 Å². The van der Waals surface area contributed by atoms with Gasteiger partial charge in [-0.3, -0.25) is 0 Å². The number of benzene rings is 1. The predicted octanol–water partition coefficient (Wildman–Crippen LogP) is 3.74. The molecule has 3 atom stereocenters. The highest BCUT2D eigenvalue weighted by molar-refractivity contribution is 14.1. The molecule has 106 valence electrons. The minimum Gasteiger partial charge on any atom is -0.396 e. The summed E-state index contributed by atoms with van der Waals surface area (Å²) in [5.74, 6) is 1.15. The molecule has 0 saturated heterocycles. The lowest BCUT2D eigenvalue weighted by molar-refractivity contribution is 0.131. The number of aliphatic hydroxyl groups excluding tert-OH is 1. The molecule has 3 unspecified atom stereocenters. The van der Waals surface area contributed by atoms with Crippen molar-refractivity contribution in [3.63, 3.8) is 0 Å². The van der Waals surface area contributed by atoms with Gasteiger partial charge in [0.2, 0.25) is 0 Å². The van der Waals surface area contributed by atoms with Gasteiger partial charge in [-0.25, -0.2) is 0 Å². The summed E-state index contributed by atoms with van der Waals surface area (Å²) < 4.78 is 1.28. The number of nitrogens with one attached hydrogen (secondary N) is 1. The van der Waals surface area contributed by atoms with E-state index in [2.05, 4.69) is 59.1 Å². The Labute approximate surface area is 130 Å². The third kappa shape index (κ3) is 4.43. The highest BCUT2D eigenvalue weighted by Crippen LogP contribution is 2.29. The molecule has 1 aliphatic rings. The number of rotatable bonds is 5. The average Bonchev–Trinajstić information content (AvgIpc) is 2.45. The van der Waals surface area contributed by atoms with Gasteiger partial charge in [-0.15, -0.1) is 0 Å². The van der Waals surface area contributed by atoms with Gasteiger partial charge in [-0.2, -0.15) is 0 Å². The Morgan fingerprint density at radius 3 is 2.47 bits per heavy atom. The molecule has 2 N–H and O–H groups in total. The lowest BCUT2D eigenvalue weighted by atomic mass is 9.79. The Balaban J connectivity index is 1.85. The van der Waals surface area contributed by atoms with Crippen LogP contribution in [0.1, 0.15) is 44.2 Å². The van der Waals surface area contributed by atoms with Crippen LogP contribution in [0.3, 0.4) is 0 Å². The molecule has 3 heteroatoms. The van der Waals surface area contributed by atoms with E-state index in [1.165, 1.54) is 34.8 Å². The summed E-state index contributed by atoms with van der Waals surface area (Å²) in [6.07, 6.45) is 5.06. The first-order valence-corrected chi connectivity index (χ1v) is 8.38. The molecule has 2 rings (SSSR count). The highest BCUT2D eigenvalue weighted by Gasteiger charge is 2.24. The van der Waals surface area contributed by atoms with Crippen LogP contribution in [0.2, 0.25) is 0 Å². The standard InChI is InChI=1S/C16H24INO/c1-12(13-6-8-16(17)9-7-13)18-10-14-4-2-3-5-15(14)11-19/h6-9,12,14-15,18-19H,2-5,10-11H2,1H3. The summed E-state index contributed by atoms with van der Waals surface area (Å²) in [6, 6.07) is 9.10. The van der Waals surface area contributed by atoms with E-state index in [9.17, 15) is 5.11 Å². The van der Waals surface area contributed by atoms with Crippen molar-refractivity contribution in [3.8, 4) is 0 Å². The zero-order valence-corrected chi connectivity index (χ0v) is 13.8. The Morgan fingerprint density at radius 2 is 1.84 bits per heavy atom. The van der Waals surface area contributed by atoms with E-state index in [4.69, 9.17) is 0 Å². The van der Waals surface area contributed by atoms with Crippen molar-refractivity contribution in [1.82, 2.24) is 5.32 Å². The van der Waals surface area contributed by atoms with Crippen molar-refractivity contribution >= 4 is 22.6 Å². The van der Waals surface area contributed by atoms with Gasteiger partial charge in [0.15, 0.2) is 0 Å². The van der Waals surface area contributed by atoms with Crippen LogP contribution in [0.25, 0.3) is 0 Å². The molecule has 1 aromatic carbocycles. The molecular weight excluding hydrogens is 349 g/mol. The SMILES string of the molecule is CC(NCC1CCCCC1CO)c1ccc(I)cc1. The fraction of sp³-hybridized carbons (Fsp3) is 0.625. The lowest BCUT2D eigenvalue weighted by Gasteiger charge is -2.31. The molecule has 0 heterocycles.